The van der Waals surface area contributed by atoms with Crippen LogP contribution in [0, 0.1) is 12.8 Å². The van der Waals surface area contributed by atoms with Gasteiger partial charge in [0.2, 0.25) is 0 Å². The highest BCUT2D eigenvalue weighted by Gasteiger charge is 2.12. The van der Waals surface area contributed by atoms with Gasteiger partial charge in [0.1, 0.15) is 0 Å². The number of rotatable bonds is 5. The number of anilines is 1. The summed E-state index contributed by atoms with van der Waals surface area (Å²) in [6.07, 6.45) is 1.08. The molecule has 0 saturated carbocycles. The Labute approximate surface area is 103 Å². The van der Waals surface area contributed by atoms with Crippen LogP contribution < -0.4 is 5.32 Å². The fourth-order valence-corrected chi connectivity index (χ4v) is 1.67. The van der Waals surface area contributed by atoms with Gasteiger partial charge in [-0.1, -0.05) is 26.0 Å². The molecule has 94 valence electrons. The van der Waals surface area contributed by atoms with E-state index in [0.29, 0.717) is 11.5 Å². The first-order valence-corrected chi connectivity index (χ1v) is 5.98. The van der Waals surface area contributed by atoms with E-state index in [1.165, 1.54) is 7.11 Å². The van der Waals surface area contributed by atoms with Crippen LogP contribution in [-0.2, 0) is 4.74 Å². The lowest BCUT2D eigenvalue weighted by molar-refractivity contribution is 0.0601. The molecular weight excluding hydrogens is 214 g/mol. The molecule has 0 radical (unpaired) electrons. The number of para-hydroxylation sites is 1. The van der Waals surface area contributed by atoms with Gasteiger partial charge < -0.3 is 10.1 Å². The van der Waals surface area contributed by atoms with Crippen molar-refractivity contribution in [3.63, 3.8) is 0 Å². The lowest BCUT2D eigenvalue weighted by atomic mass is 10.1. The number of carbonyl (C=O) groups is 1. The predicted molar refractivity (Wildman–Crippen MR) is 70.5 cm³/mol. The van der Waals surface area contributed by atoms with Gasteiger partial charge in [0.05, 0.1) is 18.4 Å². The van der Waals surface area contributed by atoms with Crippen LogP contribution in [-0.4, -0.2) is 19.6 Å². The number of methoxy groups -OCH3 is 1. The van der Waals surface area contributed by atoms with Gasteiger partial charge in [0.25, 0.3) is 0 Å². The topological polar surface area (TPSA) is 38.3 Å². The molecule has 0 bridgehead atoms. The normalized spacial score (nSPS) is 10.4. The molecule has 17 heavy (non-hydrogen) atoms. The van der Waals surface area contributed by atoms with Gasteiger partial charge in [-0.3, -0.25) is 0 Å². The number of carbonyl (C=O) groups excluding carboxylic acids is 1. The molecule has 0 aliphatic carbocycles. The highest BCUT2D eigenvalue weighted by molar-refractivity contribution is 5.96. The van der Waals surface area contributed by atoms with E-state index in [1.807, 2.05) is 19.1 Å². The van der Waals surface area contributed by atoms with E-state index in [2.05, 4.69) is 19.2 Å². The molecule has 3 nitrogen and oxygen atoms in total. The molecule has 3 heteroatoms. The van der Waals surface area contributed by atoms with Crippen LogP contribution in [0.2, 0.25) is 0 Å². The maximum Gasteiger partial charge on any atom is 0.339 e. The summed E-state index contributed by atoms with van der Waals surface area (Å²) in [5, 5.41) is 3.33. The number of hydrogen-bond donors (Lipinski definition) is 1. The fourth-order valence-electron chi connectivity index (χ4n) is 1.67. The third-order valence-corrected chi connectivity index (χ3v) is 2.70. The molecule has 0 aliphatic rings. The van der Waals surface area contributed by atoms with E-state index in [0.717, 1.165) is 24.2 Å². The van der Waals surface area contributed by atoms with Crippen LogP contribution >= 0.6 is 0 Å². The zero-order valence-corrected chi connectivity index (χ0v) is 11.0. The quantitative estimate of drug-likeness (QED) is 0.796. The summed E-state index contributed by atoms with van der Waals surface area (Å²) in [5.41, 5.74) is 2.56. The molecule has 0 atom stereocenters. The summed E-state index contributed by atoms with van der Waals surface area (Å²) >= 11 is 0. The number of esters is 1. The molecule has 0 spiro atoms. The molecule has 0 aromatic heterocycles. The first-order valence-electron chi connectivity index (χ1n) is 5.98. The summed E-state index contributed by atoms with van der Waals surface area (Å²) in [7, 11) is 1.41. The summed E-state index contributed by atoms with van der Waals surface area (Å²) < 4.78 is 4.78. The number of nitrogens with one attached hydrogen (secondary N) is 1. The van der Waals surface area contributed by atoms with E-state index >= 15 is 0 Å². The lowest BCUT2D eigenvalue weighted by Gasteiger charge is -2.14. The highest BCUT2D eigenvalue weighted by atomic mass is 16.5. The Morgan fingerprint density at radius 1 is 1.41 bits per heavy atom. The third kappa shape index (κ3) is 3.77. The second-order valence-corrected chi connectivity index (χ2v) is 4.60. The minimum Gasteiger partial charge on any atom is -0.465 e. The Morgan fingerprint density at radius 3 is 2.71 bits per heavy atom. The Balaban J connectivity index is 2.84. The maximum absolute atomic E-state index is 11.6. The molecule has 1 aromatic carbocycles. The molecular formula is C14H21NO2. The number of hydrogen-bond acceptors (Lipinski definition) is 3. The average Bonchev–Trinajstić information content (AvgIpc) is 2.29. The van der Waals surface area contributed by atoms with Crippen LogP contribution in [0.25, 0.3) is 0 Å². The fraction of sp³-hybridized carbons (Fsp3) is 0.500. The minimum absolute atomic E-state index is 0.291. The van der Waals surface area contributed by atoms with Gasteiger partial charge in [-0.05, 0) is 30.9 Å². The predicted octanol–water partition coefficient (Wildman–Crippen LogP) is 3.24. The number of aryl methyl sites for hydroxylation is 1. The van der Waals surface area contributed by atoms with Gasteiger partial charge in [-0.2, -0.15) is 0 Å². The molecule has 0 fully saturated rings. The molecule has 0 aliphatic heterocycles. The number of ether oxygens (including phenoxy) is 1. The van der Waals surface area contributed by atoms with Crippen LogP contribution in [0.5, 0.6) is 0 Å². The maximum atomic E-state index is 11.6. The molecule has 1 N–H and O–H groups in total. The number of benzene rings is 1. The SMILES string of the molecule is COC(=O)c1cccc(C)c1NCCC(C)C. The molecule has 1 rings (SSSR count). The largest absolute Gasteiger partial charge is 0.465 e. The zero-order valence-electron chi connectivity index (χ0n) is 11.0. The third-order valence-electron chi connectivity index (χ3n) is 2.70. The lowest BCUT2D eigenvalue weighted by Crippen LogP contribution is -2.11. The van der Waals surface area contributed by atoms with E-state index in [1.54, 1.807) is 6.07 Å². The molecule has 0 unspecified atom stereocenters. The monoisotopic (exact) mass is 235 g/mol. The van der Waals surface area contributed by atoms with Crippen molar-refractivity contribution in [2.24, 2.45) is 5.92 Å². The van der Waals surface area contributed by atoms with Gasteiger partial charge in [-0.25, -0.2) is 4.79 Å². The molecule has 0 amide bonds. The summed E-state index contributed by atoms with van der Waals surface area (Å²) in [4.78, 5) is 11.6. The van der Waals surface area contributed by atoms with Gasteiger partial charge in [-0.15, -0.1) is 0 Å². The summed E-state index contributed by atoms with van der Waals surface area (Å²) in [6, 6.07) is 5.65. The Bertz CT molecular complexity index is 386. The van der Waals surface area contributed by atoms with E-state index < -0.39 is 0 Å². The first-order chi connectivity index (χ1) is 8.06. The molecule has 0 saturated heterocycles. The van der Waals surface area contributed by atoms with Crippen molar-refractivity contribution < 1.29 is 9.53 Å². The van der Waals surface area contributed by atoms with E-state index in [4.69, 9.17) is 4.74 Å². The summed E-state index contributed by atoms with van der Waals surface area (Å²) in [6.45, 7) is 7.22. The highest BCUT2D eigenvalue weighted by Crippen LogP contribution is 2.21. The van der Waals surface area contributed by atoms with E-state index in [9.17, 15) is 4.79 Å². The van der Waals surface area contributed by atoms with Crippen molar-refractivity contribution in [3.05, 3.63) is 29.3 Å². The van der Waals surface area contributed by atoms with Crippen LogP contribution in [0.4, 0.5) is 5.69 Å². The second kappa shape index (κ2) is 6.28. The van der Waals surface area contributed by atoms with Crippen LogP contribution in [0.15, 0.2) is 18.2 Å². The van der Waals surface area contributed by atoms with Crippen molar-refractivity contribution in [2.45, 2.75) is 27.2 Å². The van der Waals surface area contributed by atoms with Crippen LogP contribution in [0.3, 0.4) is 0 Å². The Hall–Kier alpha value is -1.51. The standard InChI is InChI=1S/C14H21NO2/c1-10(2)8-9-15-13-11(3)6-5-7-12(13)14(16)17-4/h5-7,10,15H,8-9H2,1-4H3. The van der Waals surface area contributed by atoms with Crippen molar-refractivity contribution >= 4 is 11.7 Å². The minimum atomic E-state index is -0.291. The summed E-state index contributed by atoms with van der Waals surface area (Å²) in [5.74, 6) is 0.355. The van der Waals surface area contributed by atoms with Crippen LogP contribution in [0.1, 0.15) is 36.2 Å². The van der Waals surface area contributed by atoms with Gasteiger partial charge >= 0.3 is 5.97 Å². The van der Waals surface area contributed by atoms with Crippen molar-refractivity contribution in [3.8, 4) is 0 Å². The average molecular weight is 235 g/mol. The van der Waals surface area contributed by atoms with Crippen molar-refractivity contribution in [1.82, 2.24) is 0 Å². The molecule has 0 heterocycles. The molecule has 1 aromatic rings. The van der Waals surface area contributed by atoms with Crippen molar-refractivity contribution in [2.75, 3.05) is 19.0 Å². The van der Waals surface area contributed by atoms with Gasteiger partial charge in [0.15, 0.2) is 0 Å². The second-order valence-electron chi connectivity index (χ2n) is 4.60. The van der Waals surface area contributed by atoms with Gasteiger partial charge in [0, 0.05) is 6.54 Å². The zero-order chi connectivity index (χ0) is 12.8. The Kier molecular flexibility index (Phi) is 5.01. The Morgan fingerprint density at radius 2 is 2.12 bits per heavy atom. The first kappa shape index (κ1) is 13.6. The smallest absolute Gasteiger partial charge is 0.339 e. The van der Waals surface area contributed by atoms with Crippen molar-refractivity contribution in [1.29, 1.82) is 0 Å². The van der Waals surface area contributed by atoms with E-state index in [-0.39, 0.29) is 5.97 Å².